The van der Waals surface area contributed by atoms with Crippen LogP contribution in [-0.4, -0.2) is 43.0 Å². The number of nitrogens with zero attached hydrogens (tertiary/aromatic N) is 1. The van der Waals surface area contributed by atoms with Gasteiger partial charge >= 0.3 is 6.18 Å². The normalized spacial score (nSPS) is 23.3. The van der Waals surface area contributed by atoms with Gasteiger partial charge in [0, 0.05) is 18.1 Å². The van der Waals surface area contributed by atoms with Crippen molar-refractivity contribution < 1.29 is 27.5 Å². The molecule has 2 fully saturated rings. The van der Waals surface area contributed by atoms with Crippen LogP contribution in [0.25, 0.3) is 0 Å². The van der Waals surface area contributed by atoms with Gasteiger partial charge in [0.25, 0.3) is 0 Å². The van der Waals surface area contributed by atoms with Gasteiger partial charge in [-0.3, -0.25) is 9.59 Å². The summed E-state index contributed by atoms with van der Waals surface area (Å²) in [6.07, 6.45) is -4.29. The van der Waals surface area contributed by atoms with Gasteiger partial charge in [0.1, 0.15) is 0 Å². The van der Waals surface area contributed by atoms with Crippen LogP contribution in [0.15, 0.2) is 18.2 Å². The summed E-state index contributed by atoms with van der Waals surface area (Å²) in [5.74, 6) is -1.80. The van der Waals surface area contributed by atoms with Crippen molar-refractivity contribution in [3.63, 3.8) is 0 Å². The first-order valence-electron chi connectivity index (χ1n) is 7.81. The lowest BCUT2D eigenvalue weighted by atomic mass is 10.1. The highest BCUT2D eigenvalue weighted by atomic mass is 35.5. The highest BCUT2D eigenvalue weighted by Gasteiger charge is 2.50. The molecule has 1 saturated carbocycles. The topological polar surface area (TPSA) is 58.6 Å². The molecule has 5 nitrogen and oxygen atoms in total. The molecule has 1 aliphatic carbocycles. The molecular weight excluding hydrogens is 361 g/mol. The lowest BCUT2D eigenvalue weighted by Crippen LogP contribution is -2.42. The van der Waals surface area contributed by atoms with E-state index in [4.69, 9.17) is 16.3 Å². The zero-order chi connectivity index (χ0) is 18.2. The van der Waals surface area contributed by atoms with Gasteiger partial charge in [-0.05, 0) is 24.6 Å². The third kappa shape index (κ3) is 4.07. The van der Waals surface area contributed by atoms with Gasteiger partial charge in [0.2, 0.25) is 11.8 Å². The average molecular weight is 377 g/mol. The van der Waals surface area contributed by atoms with E-state index < -0.39 is 29.5 Å². The summed E-state index contributed by atoms with van der Waals surface area (Å²) in [6, 6.07) is 3.15. The van der Waals surface area contributed by atoms with Crippen molar-refractivity contribution in [3.8, 4) is 0 Å². The molecule has 25 heavy (non-hydrogen) atoms. The smallest absolute Gasteiger partial charge is 0.378 e. The third-order valence-electron chi connectivity index (χ3n) is 4.31. The summed E-state index contributed by atoms with van der Waals surface area (Å²) in [5, 5.41) is 2.21. The maximum absolute atomic E-state index is 13.1. The molecule has 0 spiro atoms. The van der Waals surface area contributed by atoms with Gasteiger partial charge in [-0.15, -0.1) is 0 Å². The molecular formula is C16H16ClF3N2O3. The van der Waals surface area contributed by atoms with Crippen LogP contribution < -0.4 is 5.32 Å². The van der Waals surface area contributed by atoms with Gasteiger partial charge in [0.15, 0.2) is 0 Å². The fourth-order valence-corrected chi connectivity index (χ4v) is 3.03. The predicted octanol–water partition coefficient (Wildman–Crippen LogP) is 2.79. The summed E-state index contributed by atoms with van der Waals surface area (Å²) < 4.78 is 44.3. The number of nitrogens with one attached hydrogen (secondary N) is 1. The van der Waals surface area contributed by atoms with E-state index in [1.54, 1.807) is 4.90 Å². The van der Waals surface area contributed by atoms with E-state index in [-0.39, 0.29) is 16.6 Å². The Bertz CT molecular complexity index is 690. The molecule has 9 heteroatoms. The highest BCUT2D eigenvalue weighted by Crippen LogP contribution is 2.42. The number of alkyl halides is 3. The number of rotatable bonds is 3. The van der Waals surface area contributed by atoms with E-state index in [0.717, 1.165) is 12.1 Å². The molecule has 3 rings (SSSR count). The van der Waals surface area contributed by atoms with Crippen LogP contribution in [0.3, 0.4) is 0 Å². The molecule has 136 valence electrons. The minimum Gasteiger partial charge on any atom is -0.378 e. The van der Waals surface area contributed by atoms with Gasteiger partial charge < -0.3 is 15.0 Å². The lowest BCUT2D eigenvalue weighted by Gasteiger charge is -2.27. The maximum Gasteiger partial charge on any atom is 0.418 e. The molecule has 2 unspecified atom stereocenters. The van der Waals surface area contributed by atoms with Gasteiger partial charge in [-0.25, -0.2) is 0 Å². The van der Waals surface area contributed by atoms with E-state index in [1.165, 1.54) is 6.07 Å². The zero-order valence-electron chi connectivity index (χ0n) is 13.1. The number of halogens is 4. The SMILES string of the molecule is O=C(Nc1ccc(Cl)cc1C(F)(F)F)C1CC1C(=O)N1CCOCC1. The van der Waals surface area contributed by atoms with Crippen LogP contribution >= 0.6 is 11.6 Å². The second-order valence-corrected chi connectivity index (χ2v) is 6.50. The summed E-state index contributed by atoms with van der Waals surface area (Å²) >= 11 is 5.61. The van der Waals surface area contributed by atoms with Crippen molar-refractivity contribution in [3.05, 3.63) is 28.8 Å². The third-order valence-corrected chi connectivity index (χ3v) is 4.55. The molecule has 1 saturated heterocycles. The van der Waals surface area contributed by atoms with Crippen LogP contribution in [0.2, 0.25) is 5.02 Å². The summed E-state index contributed by atoms with van der Waals surface area (Å²) in [5.41, 5.74) is -1.36. The second-order valence-electron chi connectivity index (χ2n) is 6.06. The molecule has 0 aromatic heterocycles. The molecule has 0 bridgehead atoms. The summed E-state index contributed by atoms with van der Waals surface area (Å²) in [4.78, 5) is 26.2. The van der Waals surface area contributed by atoms with Crippen molar-refractivity contribution in [2.75, 3.05) is 31.6 Å². The van der Waals surface area contributed by atoms with Crippen molar-refractivity contribution in [2.24, 2.45) is 11.8 Å². The Morgan fingerprint density at radius 3 is 2.52 bits per heavy atom. The molecule has 1 N–H and O–H groups in total. The Labute approximate surface area is 147 Å². The number of hydrogen-bond donors (Lipinski definition) is 1. The second kappa shape index (κ2) is 6.84. The molecule has 1 heterocycles. The lowest BCUT2D eigenvalue weighted by molar-refractivity contribution is -0.138. The standard InChI is InChI=1S/C16H16ClF3N2O3/c17-9-1-2-13(12(7-9)16(18,19)20)21-14(23)10-8-11(10)15(24)22-3-5-25-6-4-22/h1-2,7,10-11H,3-6,8H2,(H,21,23). The predicted molar refractivity (Wildman–Crippen MR) is 84.1 cm³/mol. The molecule has 2 amide bonds. The molecule has 1 aromatic carbocycles. The van der Waals surface area contributed by atoms with Gasteiger partial charge in [0.05, 0.1) is 36.3 Å². The number of benzene rings is 1. The number of morpholine rings is 1. The summed E-state index contributed by atoms with van der Waals surface area (Å²) in [7, 11) is 0. The highest BCUT2D eigenvalue weighted by molar-refractivity contribution is 6.30. The quantitative estimate of drug-likeness (QED) is 0.882. The van der Waals surface area contributed by atoms with Crippen LogP contribution in [0, 0.1) is 11.8 Å². The van der Waals surface area contributed by atoms with Gasteiger partial charge in [-0.1, -0.05) is 11.6 Å². The number of amides is 2. The first-order chi connectivity index (χ1) is 11.8. The molecule has 1 aromatic rings. The fraction of sp³-hybridized carbons (Fsp3) is 0.500. The molecule has 1 aliphatic heterocycles. The van der Waals surface area contributed by atoms with E-state index in [9.17, 15) is 22.8 Å². The van der Waals surface area contributed by atoms with Crippen LogP contribution in [0.5, 0.6) is 0 Å². The Balaban J connectivity index is 1.65. The van der Waals surface area contributed by atoms with Crippen LogP contribution in [-0.2, 0) is 20.5 Å². The van der Waals surface area contributed by atoms with E-state index in [2.05, 4.69) is 5.32 Å². The monoisotopic (exact) mass is 376 g/mol. The van der Waals surface area contributed by atoms with Crippen LogP contribution in [0.1, 0.15) is 12.0 Å². The van der Waals surface area contributed by atoms with Crippen LogP contribution in [0.4, 0.5) is 18.9 Å². The number of hydrogen-bond acceptors (Lipinski definition) is 3. The molecule has 2 atom stereocenters. The Hall–Kier alpha value is -1.80. The number of carbonyl (C=O) groups is 2. The van der Waals surface area contributed by atoms with Crippen molar-refractivity contribution in [1.82, 2.24) is 4.90 Å². The fourth-order valence-electron chi connectivity index (χ4n) is 2.86. The number of ether oxygens (including phenoxy) is 1. The number of carbonyl (C=O) groups excluding carboxylic acids is 2. The van der Waals surface area contributed by atoms with Crippen molar-refractivity contribution >= 4 is 29.1 Å². The van der Waals surface area contributed by atoms with Gasteiger partial charge in [-0.2, -0.15) is 13.2 Å². The maximum atomic E-state index is 13.1. The largest absolute Gasteiger partial charge is 0.418 e. The summed E-state index contributed by atoms with van der Waals surface area (Å²) in [6.45, 7) is 1.85. The van der Waals surface area contributed by atoms with E-state index >= 15 is 0 Å². The Kier molecular flexibility index (Phi) is 4.92. The zero-order valence-corrected chi connectivity index (χ0v) is 13.9. The Morgan fingerprint density at radius 2 is 1.88 bits per heavy atom. The minimum atomic E-state index is -4.64. The van der Waals surface area contributed by atoms with Crippen molar-refractivity contribution in [1.29, 1.82) is 0 Å². The first-order valence-corrected chi connectivity index (χ1v) is 8.19. The minimum absolute atomic E-state index is 0.0721. The van der Waals surface area contributed by atoms with Crippen molar-refractivity contribution in [2.45, 2.75) is 12.6 Å². The van der Waals surface area contributed by atoms with E-state index in [1.807, 2.05) is 0 Å². The molecule has 2 aliphatic rings. The average Bonchev–Trinajstić information content (AvgIpc) is 3.36. The number of anilines is 1. The molecule has 0 radical (unpaired) electrons. The first kappa shape index (κ1) is 18.0. The van der Waals surface area contributed by atoms with E-state index in [0.29, 0.717) is 32.7 Å². The Morgan fingerprint density at radius 1 is 1.20 bits per heavy atom.